The number of hydrogen-bond acceptors (Lipinski definition) is 2. The van der Waals surface area contributed by atoms with E-state index in [0.29, 0.717) is 0 Å². The highest BCUT2D eigenvalue weighted by atomic mass is 16.2. The van der Waals surface area contributed by atoms with Gasteiger partial charge in [-0.25, -0.2) is 4.79 Å². The summed E-state index contributed by atoms with van der Waals surface area (Å²) in [5.74, 6) is 0. The fraction of sp³-hybridized carbons (Fsp3) is 0.875. The van der Waals surface area contributed by atoms with E-state index in [2.05, 4.69) is 10.2 Å². The van der Waals surface area contributed by atoms with Crippen molar-refractivity contribution in [3.63, 3.8) is 0 Å². The topological polar surface area (TPSA) is 58.4 Å². The van der Waals surface area contributed by atoms with Crippen LogP contribution >= 0.6 is 0 Å². The Balaban J connectivity index is 3.31. The van der Waals surface area contributed by atoms with E-state index in [1.165, 1.54) is 0 Å². The van der Waals surface area contributed by atoms with E-state index in [-0.39, 0.29) is 6.04 Å². The van der Waals surface area contributed by atoms with Gasteiger partial charge in [-0.3, -0.25) is 0 Å². The van der Waals surface area contributed by atoms with E-state index < -0.39 is 6.03 Å². The Hall–Kier alpha value is -0.770. The van der Waals surface area contributed by atoms with E-state index in [0.717, 1.165) is 19.4 Å². The zero-order valence-corrected chi connectivity index (χ0v) is 8.13. The highest BCUT2D eigenvalue weighted by molar-refractivity contribution is 5.71. The Kier molecular flexibility index (Phi) is 5.45. The van der Waals surface area contributed by atoms with E-state index in [4.69, 9.17) is 5.73 Å². The van der Waals surface area contributed by atoms with Crippen molar-refractivity contribution >= 4 is 6.03 Å². The van der Waals surface area contributed by atoms with Crippen molar-refractivity contribution in [3.8, 4) is 0 Å². The van der Waals surface area contributed by atoms with Crippen LogP contribution in [0.4, 0.5) is 4.79 Å². The van der Waals surface area contributed by atoms with Crippen LogP contribution < -0.4 is 11.1 Å². The number of amides is 2. The van der Waals surface area contributed by atoms with Gasteiger partial charge in [0.2, 0.25) is 0 Å². The van der Waals surface area contributed by atoms with Crippen molar-refractivity contribution in [3.05, 3.63) is 0 Å². The normalized spacial score (nSPS) is 13.0. The summed E-state index contributed by atoms with van der Waals surface area (Å²) in [5, 5.41) is 2.64. The summed E-state index contributed by atoms with van der Waals surface area (Å²) in [4.78, 5) is 12.5. The van der Waals surface area contributed by atoms with Crippen LogP contribution in [0, 0.1) is 0 Å². The van der Waals surface area contributed by atoms with Crippen molar-refractivity contribution in [2.24, 2.45) is 5.73 Å². The predicted octanol–water partition coefficient (Wildman–Crippen LogP) is 0.385. The molecule has 4 nitrogen and oxygen atoms in total. The Morgan fingerprint density at radius 2 is 2.17 bits per heavy atom. The standard InChI is InChI=1S/C8H19N3O/c1-7(10-8(9)12)5-4-6-11(2)3/h7H,4-6H2,1-3H3,(H3,9,10,12). The second kappa shape index (κ2) is 5.83. The molecule has 12 heavy (non-hydrogen) atoms. The maximum atomic E-state index is 10.4. The van der Waals surface area contributed by atoms with Gasteiger partial charge in [0, 0.05) is 6.04 Å². The Bertz CT molecular complexity index is 136. The Morgan fingerprint density at radius 1 is 1.58 bits per heavy atom. The molecule has 0 saturated heterocycles. The second-order valence-electron chi connectivity index (χ2n) is 3.36. The SMILES string of the molecule is CC(CCCN(C)C)NC(N)=O. The van der Waals surface area contributed by atoms with Crippen molar-refractivity contribution in [1.82, 2.24) is 10.2 Å². The molecule has 0 aliphatic heterocycles. The number of nitrogens with one attached hydrogen (secondary N) is 1. The molecule has 4 heteroatoms. The predicted molar refractivity (Wildman–Crippen MR) is 50.0 cm³/mol. The first-order valence-corrected chi connectivity index (χ1v) is 4.23. The van der Waals surface area contributed by atoms with Crippen LogP contribution in [-0.2, 0) is 0 Å². The van der Waals surface area contributed by atoms with Gasteiger partial charge in [0.25, 0.3) is 0 Å². The maximum Gasteiger partial charge on any atom is 0.312 e. The van der Waals surface area contributed by atoms with Crippen LogP contribution in [0.5, 0.6) is 0 Å². The summed E-state index contributed by atoms with van der Waals surface area (Å²) < 4.78 is 0. The molecule has 0 spiro atoms. The van der Waals surface area contributed by atoms with E-state index in [9.17, 15) is 4.79 Å². The van der Waals surface area contributed by atoms with Crippen LogP contribution in [0.1, 0.15) is 19.8 Å². The van der Waals surface area contributed by atoms with Gasteiger partial charge in [-0.2, -0.15) is 0 Å². The van der Waals surface area contributed by atoms with Crippen LogP contribution in [0.2, 0.25) is 0 Å². The second-order valence-corrected chi connectivity index (χ2v) is 3.36. The number of hydrogen-bond donors (Lipinski definition) is 2. The van der Waals surface area contributed by atoms with Crippen molar-refractivity contribution in [1.29, 1.82) is 0 Å². The number of nitrogens with two attached hydrogens (primary N) is 1. The van der Waals surface area contributed by atoms with Gasteiger partial charge in [-0.15, -0.1) is 0 Å². The van der Waals surface area contributed by atoms with Gasteiger partial charge in [0.15, 0.2) is 0 Å². The molecular formula is C8H19N3O. The zero-order chi connectivity index (χ0) is 9.56. The quantitative estimate of drug-likeness (QED) is 0.631. The summed E-state index contributed by atoms with van der Waals surface area (Å²) in [6.07, 6.45) is 2.05. The molecule has 0 saturated carbocycles. The molecule has 0 aliphatic carbocycles. The monoisotopic (exact) mass is 173 g/mol. The molecule has 0 aromatic heterocycles. The highest BCUT2D eigenvalue weighted by Crippen LogP contribution is 1.96. The fourth-order valence-corrected chi connectivity index (χ4v) is 1.03. The Morgan fingerprint density at radius 3 is 2.58 bits per heavy atom. The molecule has 0 heterocycles. The lowest BCUT2D eigenvalue weighted by molar-refractivity contribution is 0.245. The lowest BCUT2D eigenvalue weighted by atomic mass is 10.2. The minimum absolute atomic E-state index is 0.183. The molecule has 1 atom stereocenters. The Labute approximate surface area is 74.1 Å². The van der Waals surface area contributed by atoms with Crippen molar-refractivity contribution in [2.45, 2.75) is 25.8 Å². The van der Waals surface area contributed by atoms with Crippen molar-refractivity contribution < 1.29 is 4.79 Å². The molecule has 3 N–H and O–H groups in total. The third-order valence-electron chi connectivity index (χ3n) is 1.63. The molecule has 0 fully saturated rings. The molecule has 1 unspecified atom stereocenters. The molecule has 2 amide bonds. The average Bonchev–Trinajstić information content (AvgIpc) is 1.84. The van der Waals surface area contributed by atoms with Crippen molar-refractivity contribution in [2.75, 3.05) is 20.6 Å². The first kappa shape index (κ1) is 11.2. The lowest BCUT2D eigenvalue weighted by Crippen LogP contribution is -2.37. The molecule has 0 radical (unpaired) electrons. The van der Waals surface area contributed by atoms with Gasteiger partial charge in [0.1, 0.15) is 0 Å². The molecule has 0 bridgehead atoms. The molecule has 0 aromatic carbocycles. The molecule has 0 aliphatic rings. The lowest BCUT2D eigenvalue weighted by Gasteiger charge is -2.13. The minimum Gasteiger partial charge on any atom is -0.352 e. The van der Waals surface area contributed by atoms with Gasteiger partial charge in [0.05, 0.1) is 0 Å². The number of primary amides is 1. The van der Waals surface area contributed by atoms with E-state index in [1.807, 2.05) is 21.0 Å². The van der Waals surface area contributed by atoms with Crippen LogP contribution in [0.25, 0.3) is 0 Å². The van der Waals surface area contributed by atoms with Crippen LogP contribution in [0.15, 0.2) is 0 Å². The summed E-state index contributed by atoms with van der Waals surface area (Å²) in [6.45, 7) is 3.01. The smallest absolute Gasteiger partial charge is 0.312 e. The van der Waals surface area contributed by atoms with Crippen LogP contribution in [-0.4, -0.2) is 37.6 Å². The fourth-order valence-electron chi connectivity index (χ4n) is 1.03. The molecule has 72 valence electrons. The number of rotatable bonds is 5. The third-order valence-corrected chi connectivity index (χ3v) is 1.63. The van der Waals surface area contributed by atoms with Gasteiger partial charge >= 0.3 is 6.03 Å². The highest BCUT2D eigenvalue weighted by Gasteiger charge is 2.02. The van der Waals surface area contributed by atoms with E-state index >= 15 is 0 Å². The molecular weight excluding hydrogens is 154 g/mol. The van der Waals surface area contributed by atoms with Crippen LogP contribution in [0.3, 0.4) is 0 Å². The summed E-state index contributed by atoms with van der Waals surface area (Å²) >= 11 is 0. The average molecular weight is 173 g/mol. The number of nitrogens with zero attached hydrogens (tertiary/aromatic N) is 1. The summed E-state index contributed by atoms with van der Waals surface area (Å²) in [6, 6.07) is -0.255. The maximum absolute atomic E-state index is 10.4. The molecule has 0 aromatic rings. The number of carbonyl (C=O) groups excluding carboxylic acids is 1. The molecule has 0 rings (SSSR count). The largest absolute Gasteiger partial charge is 0.352 e. The zero-order valence-electron chi connectivity index (χ0n) is 8.13. The first-order valence-electron chi connectivity index (χ1n) is 4.23. The minimum atomic E-state index is -0.438. The van der Waals surface area contributed by atoms with Gasteiger partial charge in [-0.1, -0.05) is 0 Å². The third kappa shape index (κ3) is 7.34. The summed E-state index contributed by atoms with van der Waals surface area (Å²) in [7, 11) is 4.07. The first-order chi connectivity index (χ1) is 5.52. The van der Waals surface area contributed by atoms with Gasteiger partial charge in [-0.05, 0) is 40.4 Å². The van der Waals surface area contributed by atoms with Gasteiger partial charge < -0.3 is 16.0 Å². The summed E-state index contributed by atoms with van der Waals surface area (Å²) in [5.41, 5.74) is 4.96. The van der Waals surface area contributed by atoms with E-state index in [1.54, 1.807) is 0 Å². The number of carbonyl (C=O) groups is 1. The number of urea groups is 1.